The summed E-state index contributed by atoms with van der Waals surface area (Å²) >= 11 is 0. The average molecular weight is 273 g/mol. The molecule has 0 saturated carbocycles. The molecule has 0 aromatic heterocycles. The lowest BCUT2D eigenvalue weighted by Gasteiger charge is -2.20. The van der Waals surface area contributed by atoms with E-state index in [1.807, 2.05) is 36.4 Å². The first-order chi connectivity index (χ1) is 9.65. The Labute approximate surface area is 118 Å². The van der Waals surface area contributed by atoms with Crippen molar-refractivity contribution in [3.63, 3.8) is 0 Å². The highest BCUT2D eigenvalue weighted by Crippen LogP contribution is 2.28. The molecule has 0 saturated heterocycles. The second kappa shape index (κ2) is 6.41. The van der Waals surface area contributed by atoms with E-state index >= 15 is 0 Å². The molecule has 0 amide bonds. The molecule has 0 bridgehead atoms. The van der Waals surface area contributed by atoms with E-state index in [0.717, 1.165) is 22.6 Å². The lowest BCUT2D eigenvalue weighted by atomic mass is 9.96. The first-order valence-corrected chi connectivity index (χ1v) is 6.37. The Morgan fingerprint density at radius 3 is 1.60 bits per heavy atom. The maximum Gasteiger partial charge on any atom is 0.118 e. The molecule has 2 aromatic carbocycles. The Balaban J connectivity index is 2.15. The molecule has 2 aromatic rings. The monoisotopic (exact) mass is 273 g/mol. The zero-order valence-electron chi connectivity index (χ0n) is 11.6. The quantitative estimate of drug-likeness (QED) is 0.878. The van der Waals surface area contributed by atoms with Gasteiger partial charge in [0.15, 0.2) is 0 Å². The number of methoxy groups -OCH3 is 2. The number of aliphatic hydroxyl groups is 1. The highest BCUT2D eigenvalue weighted by atomic mass is 16.5. The molecule has 0 fully saturated rings. The summed E-state index contributed by atoms with van der Waals surface area (Å²) in [5, 5.41) is 10.3. The zero-order valence-corrected chi connectivity index (χ0v) is 11.6. The van der Waals surface area contributed by atoms with Crippen molar-refractivity contribution >= 4 is 0 Å². The summed E-state index contributed by atoms with van der Waals surface area (Å²) in [6, 6.07) is 14.1. The third-order valence-corrected chi connectivity index (χ3v) is 3.30. The predicted molar refractivity (Wildman–Crippen MR) is 77.9 cm³/mol. The van der Waals surface area contributed by atoms with Gasteiger partial charge in [-0.15, -0.1) is 0 Å². The Bertz CT molecular complexity index is 485. The van der Waals surface area contributed by atoms with Gasteiger partial charge in [0.05, 0.1) is 26.4 Å². The Morgan fingerprint density at radius 2 is 1.20 bits per heavy atom. The molecule has 2 unspecified atom stereocenters. The summed E-state index contributed by atoms with van der Waals surface area (Å²) in [7, 11) is 3.22. The second-order valence-corrected chi connectivity index (χ2v) is 4.52. The van der Waals surface area contributed by atoms with Crippen LogP contribution in [-0.4, -0.2) is 19.3 Å². The highest BCUT2D eigenvalue weighted by Gasteiger charge is 2.18. The topological polar surface area (TPSA) is 64.7 Å². The summed E-state index contributed by atoms with van der Waals surface area (Å²) in [6.07, 6.45) is -0.769. The molecule has 0 radical (unpaired) electrons. The maximum absolute atomic E-state index is 10.3. The average Bonchev–Trinajstić information content (AvgIpc) is 2.53. The van der Waals surface area contributed by atoms with Crippen molar-refractivity contribution in [3.8, 4) is 11.5 Å². The van der Waals surface area contributed by atoms with Gasteiger partial charge in [-0.2, -0.15) is 0 Å². The molecular formula is C16H19NO3. The van der Waals surface area contributed by atoms with Gasteiger partial charge >= 0.3 is 0 Å². The van der Waals surface area contributed by atoms with Crippen molar-refractivity contribution in [2.45, 2.75) is 12.1 Å². The van der Waals surface area contributed by atoms with E-state index in [2.05, 4.69) is 0 Å². The van der Waals surface area contributed by atoms with Gasteiger partial charge in [0.1, 0.15) is 11.5 Å². The second-order valence-electron chi connectivity index (χ2n) is 4.52. The van der Waals surface area contributed by atoms with Gasteiger partial charge in [0, 0.05) is 0 Å². The van der Waals surface area contributed by atoms with Crippen molar-refractivity contribution in [1.29, 1.82) is 0 Å². The molecule has 20 heavy (non-hydrogen) atoms. The van der Waals surface area contributed by atoms with E-state index in [1.54, 1.807) is 26.4 Å². The lowest BCUT2D eigenvalue weighted by molar-refractivity contribution is 0.147. The largest absolute Gasteiger partial charge is 0.497 e. The van der Waals surface area contributed by atoms with Crippen LogP contribution in [0.3, 0.4) is 0 Å². The third-order valence-electron chi connectivity index (χ3n) is 3.30. The summed E-state index contributed by atoms with van der Waals surface area (Å²) in [6.45, 7) is 0. The summed E-state index contributed by atoms with van der Waals surface area (Å²) in [5.41, 5.74) is 7.72. The number of ether oxygens (including phenoxy) is 2. The van der Waals surface area contributed by atoms with Gasteiger partial charge in [-0.3, -0.25) is 0 Å². The van der Waals surface area contributed by atoms with Crippen LogP contribution in [0.25, 0.3) is 0 Å². The molecule has 0 aliphatic carbocycles. The number of rotatable bonds is 5. The fourth-order valence-corrected chi connectivity index (χ4v) is 2.02. The standard InChI is InChI=1S/C16H19NO3/c1-19-13-7-3-11(4-8-13)15(17)16(18)12-5-9-14(20-2)10-6-12/h3-10,15-16,18H,17H2,1-2H3. The van der Waals surface area contributed by atoms with Gasteiger partial charge in [-0.05, 0) is 35.4 Å². The van der Waals surface area contributed by atoms with Crippen LogP contribution in [0.15, 0.2) is 48.5 Å². The van der Waals surface area contributed by atoms with Crippen LogP contribution in [0.5, 0.6) is 11.5 Å². The molecule has 3 N–H and O–H groups in total. The first kappa shape index (κ1) is 14.4. The van der Waals surface area contributed by atoms with Crippen LogP contribution < -0.4 is 15.2 Å². The van der Waals surface area contributed by atoms with Crippen molar-refractivity contribution in [3.05, 3.63) is 59.7 Å². The predicted octanol–water partition coefficient (Wildman–Crippen LogP) is 2.44. The van der Waals surface area contributed by atoms with E-state index in [4.69, 9.17) is 15.2 Å². The van der Waals surface area contributed by atoms with Crippen LogP contribution in [0.2, 0.25) is 0 Å². The molecular weight excluding hydrogens is 254 g/mol. The molecule has 2 rings (SSSR count). The zero-order chi connectivity index (χ0) is 14.5. The molecule has 0 aliphatic rings. The van der Waals surface area contributed by atoms with E-state index in [9.17, 15) is 5.11 Å². The minimum absolute atomic E-state index is 0.491. The summed E-state index contributed by atoms with van der Waals surface area (Å²) in [5.74, 6) is 1.51. The maximum atomic E-state index is 10.3. The molecule has 4 heteroatoms. The van der Waals surface area contributed by atoms with Crippen LogP contribution >= 0.6 is 0 Å². The van der Waals surface area contributed by atoms with Gasteiger partial charge in [-0.1, -0.05) is 24.3 Å². The Hall–Kier alpha value is -2.04. The van der Waals surface area contributed by atoms with Gasteiger partial charge in [-0.25, -0.2) is 0 Å². The van der Waals surface area contributed by atoms with Crippen LogP contribution in [-0.2, 0) is 0 Å². The number of benzene rings is 2. The van der Waals surface area contributed by atoms with Crippen molar-refractivity contribution in [2.24, 2.45) is 5.73 Å². The summed E-state index contributed by atoms with van der Waals surface area (Å²) in [4.78, 5) is 0. The van der Waals surface area contributed by atoms with Crippen LogP contribution in [0.1, 0.15) is 23.3 Å². The lowest BCUT2D eigenvalue weighted by Crippen LogP contribution is -2.19. The minimum atomic E-state index is -0.769. The smallest absolute Gasteiger partial charge is 0.118 e. The third kappa shape index (κ3) is 3.10. The molecule has 0 spiro atoms. The number of hydrogen-bond donors (Lipinski definition) is 2. The number of aliphatic hydroxyl groups excluding tert-OH is 1. The van der Waals surface area contributed by atoms with E-state index in [-0.39, 0.29) is 0 Å². The summed E-state index contributed by atoms with van der Waals surface area (Å²) < 4.78 is 10.2. The SMILES string of the molecule is COc1ccc(C(N)C(O)c2ccc(OC)cc2)cc1. The fourth-order valence-electron chi connectivity index (χ4n) is 2.02. The Kier molecular flexibility index (Phi) is 4.61. The number of hydrogen-bond acceptors (Lipinski definition) is 4. The molecule has 2 atom stereocenters. The van der Waals surface area contributed by atoms with Crippen LogP contribution in [0, 0.1) is 0 Å². The highest BCUT2D eigenvalue weighted by molar-refractivity contribution is 5.33. The van der Waals surface area contributed by atoms with Gasteiger partial charge in [0.25, 0.3) is 0 Å². The number of nitrogens with two attached hydrogens (primary N) is 1. The minimum Gasteiger partial charge on any atom is -0.497 e. The van der Waals surface area contributed by atoms with Crippen LogP contribution in [0.4, 0.5) is 0 Å². The van der Waals surface area contributed by atoms with E-state index < -0.39 is 12.1 Å². The fraction of sp³-hybridized carbons (Fsp3) is 0.250. The van der Waals surface area contributed by atoms with Crippen molar-refractivity contribution < 1.29 is 14.6 Å². The van der Waals surface area contributed by atoms with E-state index in [1.165, 1.54) is 0 Å². The van der Waals surface area contributed by atoms with Crippen molar-refractivity contribution in [2.75, 3.05) is 14.2 Å². The molecule has 4 nitrogen and oxygen atoms in total. The molecule has 0 heterocycles. The normalized spacial score (nSPS) is 13.6. The van der Waals surface area contributed by atoms with Gasteiger partial charge in [0.2, 0.25) is 0 Å². The van der Waals surface area contributed by atoms with Crippen molar-refractivity contribution in [1.82, 2.24) is 0 Å². The Morgan fingerprint density at radius 1 is 0.800 bits per heavy atom. The van der Waals surface area contributed by atoms with E-state index in [0.29, 0.717) is 0 Å². The first-order valence-electron chi connectivity index (χ1n) is 6.37. The van der Waals surface area contributed by atoms with Gasteiger partial charge < -0.3 is 20.3 Å². The molecule has 0 aliphatic heterocycles. The molecule has 106 valence electrons.